The highest BCUT2D eigenvalue weighted by molar-refractivity contribution is 5.80. The number of benzene rings is 1. The molecule has 0 saturated carbocycles. The molecule has 0 spiro atoms. The zero-order valence-electron chi connectivity index (χ0n) is 15.4. The first-order valence-electron chi connectivity index (χ1n) is 9.59. The SMILES string of the molecule is O=C(NC1CCc2ccccc21)C1CCCN(c2ncccc2C(F)(F)F)C1. The van der Waals surface area contributed by atoms with Crippen molar-refractivity contribution in [2.75, 3.05) is 18.0 Å². The smallest absolute Gasteiger partial charge is 0.355 e. The van der Waals surface area contributed by atoms with Gasteiger partial charge in [-0.15, -0.1) is 0 Å². The van der Waals surface area contributed by atoms with Gasteiger partial charge in [0.05, 0.1) is 17.5 Å². The number of carbonyl (C=O) groups is 1. The lowest BCUT2D eigenvalue weighted by molar-refractivity contribution is -0.137. The van der Waals surface area contributed by atoms with Gasteiger partial charge >= 0.3 is 6.18 Å². The van der Waals surface area contributed by atoms with Gasteiger partial charge in [-0.2, -0.15) is 13.2 Å². The maximum Gasteiger partial charge on any atom is 0.419 e. The molecule has 2 aromatic rings. The summed E-state index contributed by atoms with van der Waals surface area (Å²) in [7, 11) is 0. The third kappa shape index (κ3) is 3.70. The molecule has 0 bridgehead atoms. The van der Waals surface area contributed by atoms with Crippen LogP contribution in [0.1, 0.15) is 42.0 Å². The maximum absolute atomic E-state index is 13.3. The van der Waals surface area contributed by atoms with Gasteiger partial charge in [-0.1, -0.05) is 24.3 Å². The number of hydrogen-bond donors (Lipinski definition) is 1. The Morgan fingerprint density at radius 3 is 2.79 bits per heavy atom. The fraction of sp³-hybridized carbons (Fsp3) is 0.429. The van der Waals surface area contributed by atoms with Crippen molar-refractivity contribution in [3.8, 4) is 0 Å². The Hall–Kier alpha value is -2.57. The predicted octanol–water partition coefficient (Wildman–Crippen LogP) is 4.12. The van der Waals surface area contributed by atoms with E-state index in [1.165, 1.54) is 17.8 Å². The molecule has 2 unspecified atom stereocenters. The molecule has 0 radical (unpaired) electrons. The van der Waals surface area contributed by atoms with Crippen LogP contribution in [0.25, 0.3) is 0 Å². The molecule has 1 aliphatic heterocycles. The number of aryl methyl sites for hydroxylation is 1. The van der Waals surface area contributed by atoms with Crippen molar-refractivity contribution < 1.29 is 18.0 Å². The van der Waals surface area contributed by atoms with Crippen LogP contribution >= 0.6 is 0 Å². The molecule has 4 nitrogen and oxygen atoms in total. The lowest BCUT2D eigenvalue weighted by Gasteiger charge is -2.34. The summed E-state index contributed by atoms with van der Waals surface area (Å²) in [4.78, 5) is 18.4. The van der Waals surface area contributed by atoms with Crippen molar-refractivity contribution in [3.05, 3.63) is 59.3 Å². The Morgan fingerprint density at radius 2 is 1.96 bits per heavy atom. The molecule has 1 N–H and O–H groups in total. The van der Waals surface area contributed by atoms with Crippen molar-refractivity contribution in [2.24, 2.45) is 5.92 Å². The fourth-order valence-corrected chi connectivity index (χ4v) is 4.25. The van der Waals surface area contributed by atoms with E-state index in [0.717, 1.165) is 24.5 Å². The van der Waals surface area contributed by atoms with E-state index in [-0.39, 0.29) is 30.2 Å². The second-order valence-corrected chi connectivity index (χ2v) is 7.46. The Morgan fingerprint density at radius 1 is 1.14 bits per heavy atom. The van der Waals surface area contributed by atoms with E-state index in [2.05, 4.69) is 16.4 Å². The molecule has 7 heteroatoms. The van der Waals surface area contributed by atoms with E-state index >= 15 is 0 Å². The number of rotatable bonds is 3. The molecular weight excluding hydrogens is 367 g/mol. The number of nitrogens with one attached hydrogen (secondary N) is 1. The lowest BCUT2D eigenvalue weighted by atomic mass is 9.96. The number of halogens is 3. The minimum Gasteiger partial charge on any atom is -0.355 e. The van der Waals surface area contributed by atoms with Crippen molar-refractivity contribution in [2.45, 2.75) is 37.9 Å². The number of piperidine rings is 1. The molecule has 2 aliphatic rings. The van der Waals surface area contributed by atoms with Crippen molar-refractivity contribution in [1.82, 2.24) is 10.3 Å². The molecule has 148 valence electrons. The maximum atomic E-state index is 13.3. The number of pyridine rings is 1. The zero-order chi connectivity index (χ0) is 19.7. The van der Waals surface area contributed by atoms with Crippen LogP contribution in [0.15, 0.2) is 42.6 Å². The number of fused-ring (bicyclic) bond motifs is 1. The zero-order valence-corrected chi connectivity index (χ0v) is 15.4. The molecule has 4 rings (SSSR count). The van der Waals surface area contributed by atoms with E-state index in [0.29, 0.717) is 19.4 Å². The molecule has 1 amide bonds. The minimum atomic E-state index is -4.47. The van der Waals surface area contributed by atoms with Crippen LogP contribution in [0.5, 0.6) is 0 Å². The highest BCUT2D eigenvalue weighted by atomic mass is 19.4. The third-order valence-electron chi connectivity index (χ3n) is 5.63. The van der Waals surface area contributed by atoms with Crippen LogP contribution in [0.4, 0.5) is 19.0 Å². The van der Waals surface area contributed by atoms with Gasteiger partial charge in [0.25, 0.3) is 0 Å². The first-order chi connectivity index (χ1) is 13.4. The van der Waals surface area contributed by atoms with E-state index in [1.807, 2.05) is 18.2 Å². The number of carbonyl (C=O) groups excluding carboxylic acids is 1. The van der Waals surface area contributed by atoms with Crippen LogP contribution in [0.3, 0.4) is 0 Å². The number of aromatic nitrogens is 1. The van der Waals surface area contributed by atoms with Gasteiger partial charge in [0.1, 0.15) is 5.82 Å². The summed E-state index contributed by atoms with van der Waals surface area (Å²) in [6.07, 6.45) is 0.0228. The molecule has 2 heterocycles. The molecule has 1 aromatic carbocycles. The minimum absolute atomic E-state index is 0.0142. The van der Waals surface area contributed by atoms with Crippen molar-refractivity contribution in [1.29, 1.82) is 0 Å². The van der Waals surface area contributed by atoms with Gasteiger partial charge in [-0.3, -0.25) is 4.79 Å². The Kier molecular flexibility index (Phi) is 5.00. The van der Waals surface area contributed by atoms with Gasteiger partial charge in [0.15, 0.2) is 0 Å². The van der Waals surface area contributed by atoms with Crippen LogP contribution in [-0.4, -0.2) is 24.0 Å². The van der Waals surface area contributed by atoms with E-state index in [1.54, 1.807) is 4.90 Å². The topological polar surface area (TPSA) is 45.2 Å². The van der Waals surface area contributed by atoms with E-state index in [9.17, 15) is 18.0 Å². The third-order valence-corrected chi connectivity index (χ3v) is 5.63. The highest BCUT2D eigenvalue weighted by Gasteiger charge is 2.37. The largest absolute Gasteiger partial charge is 0.419 e. The van der Waals surface area contributed by atoms with Crippen LogP contribution < -0.4 is 10.2 Å². The Labute approximate surface area is 161 Å². The second-order valence-electron chi connectivity index (χ2n) is 7.46. The van der Waals surface area contributed by atoms with E-state index in [4.69, 9.17) is 0 Å². The van der Waals surface area contributed by atoms with Crippen LogP contribution in [0, 0.1) is 5.92 Å². The lowest BCUT2D eigenvalue weighted by Crippen LogP contribution is -2.44. The molecule has 1 saturated heterocycles. The number of nitrogens with zero attached hydrogens (tertiary/aromatic N) is 2. The average molecular weight is 389 g/mol. The van der Waals surface area contributed by atoms with Crippen LogP contribution in [0.2, 0.25) is 0 Å². The molecule has 1 aromatic heterocycles. The molecule has 1 fully saturated rings. The predicted molar refractivity (Wildman–Crippen MR) is 99.8 cm³/mol. The van der Waals surface area contributed by atoms with Crippen molar-refractivity contribution >= 4 is 11.7 Å². The van der Waals surface area contributed by atoms with Gasteiger partial charge in [0, 0.05) is 19.3 Å². The molecular formula is C21H22F3N3O. The molecule has 28 heavy (non-hydrogen) atoms. The van der Waals surface area contributed by atoms with Crippen molar-refractivity contribution in [3.63, 3.8) is 0 Å². The fourth-order valence-electron chi connectivity index (χ4n) is 4.25. The summed E-state index contributed by atoms with van der Waals surface area (Å²) in [5.74, 6) is -0.515. The number of hydrogen-bond acceptors (Lipinski definition) is 3. The quantitative estimate of drug-likeness (QED) is 0.859. The Balaban J connectivity index is 1.47. The highest BCUT2D eigenvalue weighted by Crippen LogP contribution is 2.37. The summed E-state index contributed by atoms with van der Waals surface area (Å²) in [6, 6.07) is 10.4. The van der Waals surface area contributed by atoms with Gasteiger partial charge in [-0.05, 0) is 48.9 Å². The van der Waals surface area contributed by atoms with Crippen LogP contribution in [-0.2, 0) is 17.4 Å². The summed E-state index contributed by atoms with van der Waals surface area (Å²) in [5, 5.41) is 3.11. The summed E-state index contributed by atoms with van der Waals surface area (Å²) >= 11 is 0. The standard InChI is InChI=1S/C21H22F3N3O/c22-21(23,24)17-8-3-11-25-19(17)27-12-4-6-15(13-27)20(28)26-18-10-9-14-5-1-2-7-16(14)18/h1-3,5,7-8,11,15,18H,4,6,9-10,12-13H2,(H,26,28). The summed E-state index contributed by atoms with van der Waals surface area (Å²) in [6.45, 7) is 0.719. The number of alkyl halides is 3. The first kappa shape index (κ1) is 18.8. The normalized spacial score (nSPS) is 22.0. The number of amides is 1. The number of anilines is 1. The first-order valence-corrected chi connectivity index (χ1v) is 9.59. The van der Waals surface area contributed by atoms with Gasteiger partial charge in [-0.25, -0.2) is 4.98 Å². The molecule has 1 aliphatic carbocycles. The second kappa shape index (κ2) is 7.45. The molecule has 2 atom stereocenters. The summed E-state index contributed by atoms with van der Waals surface area (Å²) in [5.41, 5.74) is 1.65. The Bertz CT molecular complexity index is 868. The van der Waals surface area contributed by atoms with Gasteiger partial charge < -0.3 is 10.2 Å². The van der Waals surface area contributed by atoms with E-state index < -0.39 is 11.7 Å². The summed E-state index contributed by atoms with van der Waals surface area (Å²) < 4.78 is 40.0. The van der Waals surface area contributed by atoms with Gasteiger partial charge in [0.2, 0.25) is 5.91 Å². The average Bonchev–Trinajstić information content (AvgIpc) is 3.10. The monoisotopic (exact) mass is 389 g/mol.